The molecular weight excluding hydrogens is 2050 g/mol. The molecule has 12 aromatic rings. The topological polar surface area (TPSA) is 114 Å². The number of aryl methyl sites for hydroxylation is 2. The number of benzene rings is 7. The van der Waals surface area contributed by atoms with E-state index in [4.69, 9.17) is 14.6 Å². The van der Waals surface area contributed by atoms with E-state index in [9.17, 15) is 0 Å². The van der Waals surface area contributed by atoms with Crippen LogP contribution < -0.4 is 19.3 Å². The van der Waals surface area contributed by atoms with Crippen LogP contribution in [0.1, 0.15) is 57.5 Å². The molecule has 496 valence electrons. The molecule has 0 unspecified atom stereocenters. The van der Waals surface area contributed by atoms with Crippen LogP contribution in [0, 0.1) is 85.7 Å². The average Bonchev–Trinajstić information content (AvgIpc) is 1.96. The van der Waals surface area contributed by atoms with Crippen molar-refractivity contribution in [1.82, 2.24) is 48.9 Å². The van der Waals surface area contributed by atoms with Gasteiger partial charge in [0.15, 0.2) is 5.82 Å². The Bertz CT molecular complexity index is 4020. The first-order chi connectivity index (χ1) is 42.1. The Kier molecular flexibility index (Phi) is 33.2. The number of rotatable bonds is 12. The van der Waals surface area contributed by atoms with Crippen molar-refractivity contribution < 1.29 is 115 Å². The quantitative estimate of drug-likeness (QED) is 0.110. The Morgan fingerprint density at radius 1 is 0.380 bits per heavy atom. The molecule has 0 fully saturated rings. The fourth-order valence-electron chi connectivity index (χ4n) is 9.84. The van der Waals surface area contributed by atoms with Gasteiger partial charge in [0.05, 0.1) is 42.6 Å². The summed E-state index contributed by atoms with van der Waals surface area (Å²) in [6.07, 6.45) is 0.979. The Labute approximate surface area is 616 Å². The van der Waals surface area contributed by atoms with Crippen LogP contribution in [0.25, 0.3) is 51.0 Å². The summed E-state index contributed by atoms with van der Waals surface area (Å²) in [7, 11) is 11.3. The first-order valence-corrected chi connectivity index (χ1v) is 28.8. The normalized spacial score (nSPS) is 9.95. The Morgan fingerprint density at radius 2 is 0.793 bits per heavy atom. The van der Waals surface area contributed by atoms with E-state index in [1.165, 1.54) is 39.2 Å². The molecule has 19 heteroatoms. The minimum atomic E-state index is 0. The summed E-state index contributed by atoms with van der Waals surface area (Å²) in [5, 5.41) is 22.9. The van der Waals surface area contributed by atoms with Crippen molar-refractivity contribution in [3.8, 4) is 62.7 Å². The summed E-state index contributed by atoms with van der Waals surface area (Å²) >= 11 is 0. The molecule has 5 heterocycles. The molecule has 14 nitrogen and oxygen atoms in total. The third kappa shape index (κ3) is 19.2. The number of nitrogens with zero attached hydrogens (tertiary/aromatic N) is 12. The summed E-state index contributed by atoms with van der Waals surface area (Å²) in [4.78, 5) is 4.11. The molecule has 0 N–H and O–H groups in total. The van der Waals surface area contributed by atoms with Gasteiger partial charge in [0.1, 0.15) is 5.82 Å². The van der Waals surface area contributed by atoms with Crippen molar-refractivity contribution in [3.05, 3.63) is 263 Å². The van der Waals surface area contributed by atoms with Gasteiger partial charge in [0, 0.05) is 162 Å². The number of ether oxygens (including phenoxy) is 2. The molecule has 0 aliphatic carbocycles. The van der Waals surface area contributed by atoms with Crippen LogP contribution in [-0.2, 0) is 112 Å². The van der Waals surface area contributed by atoms with Gasteiger partial charge in [-0.2, -0.15) is 142 Å². The molecule has 92 heavy (non-hydrogen) atoms. The second kappa shape index (κ2) is 38.4. The summed E-state index contributed by atoms with van der Waals surface area (Å²) in [6.45, 7) is 18.7. The molecule has 0 radical (unpaired) electrons. The summed E-state index contributed by atoms with van der Waals surface area (Å²) in [5.74, 6) is 3.30. The molecule has 12 rings (SSSR count). The Morgan fingerprint density at radius 3 is 1.20 bits per heavy atom. The zero-order valence-corrected chi connectivity index (χ0v) is 65.7. The average molecular weight is 2130 g/mol. The van der Waals surface area contributed by atoms with Gasteiger partial charge >= 0.3 is 0 Å². The predicted molar refractivity (Wildman–Crippen MR) is 352 cm³/mol. The monoisotopic (exact) mass is 2130 g/mol. The maximum Gasteiger partial charge on any atom is 0.239 e. The van der Waals surface area contributed by atoms with Gasteiger partial charge in [0.25, 0.3) is 0 Å². The van der Waals surface area contributed by atoms with E-state index in [2.05, 4.69) is 140 Å². The molecule has 0 saturated carbocycles. The minimum absolute atomic E-state index is 0. The van der Waals surface area contributed by atoms with Crippen LogP contribution in [0.3, 0.4) is 0 Å². The van der Waals surface area contributed by atoms with Gasteiger partial charge in [-0.1, -0.05) is 67.6 Å². The second-order valence-corrected chi connectivity index (χ2v) is 20.9. The van der Waals surface area contributed by atoms with Crippen LogP contribution in [0.15, 0.2) is 182 Å². The van der Waals surface area contributed by atoms with Crippen molar-refractivity contribution in [2.24, 2.45) is 0 Å². The standard InChI is InChI=1S/2C17H15N2.C14H19N4.C13H15N2.C12H13N2O2.5Pt/c1-13-14(2)19(16-11-7-4-8-12-16)18-17(13)15-9-5-3-6-10-15;1-13-14(2)18-19(16-11-7-4-8-12-16)17(13)15-9-5-3-6-10-15;1-11-13(16(2)3)15-18(14(11)17(4)5)12-9-7-6-8-10-12;1-4-13-10(2)11(3)15(14-13)12-8-6-5-7-9-12;1-9-11(15-2)13-14(12(9)16-3)10-7-5-4-6-8-10;;;;;/h2*3-11H,1-2H3;6-9H,1-5H3;5-8H,4H2,1-3H3;4-7H,1-3H3;;;;;/q5*-1;;;;;. The van der Waals surface area contributed by atoms with Crippen LogP contribution in [-0.4, -0.2) is 91.3 Å². The SMILES string of the molecule is CCc1nn(-c2[c-]cccc2)c(C)c1C.COc1nn(-c2[c-]cccc2)c(OC)c1C.Cc1c(-c2ccccc2)nn(-c2[c-]cccc2)c1C.Cc1c(N(C)C)nn(-c2[c-]cccc2)c1N(C)C.Cc1nn(-c2[c-]cccc2)c(-c2ccccc2)c1C.[Pt].[Pt].[Pt].[Pt].[Pt]. The maximum atomic E-state index is 5.31. The molecule has 0 aliphatic heterocycles. The van der Waals surface area contributed by atoms with Crippen LogP contribution in [0.4, 0.5) is 11.6 Å². The third-order valence-corrected chi connectivity index (χ3v) is 14.6. The van der Waals surface area contributed by atoms with Gasteiger partial charge < -0.3 is 19.3 Å². The fourth-order valence-corrected chi connectivity index (χ4v) is 9.84. The molecule has 0 atom stereocenters. The molecule has 0 bridgehead atoms. The van der Waals surface area contributed by atoms with Gasteiger partial charge in [-0.15, -0.1) is 35.4 Å². The molecule has 5 aromatic heterocycles. The van der Waals surface area contributed by atoms with E-state index in [0.717, 1.165) is 80.4 Å². The molecular formula is C73H77N12O2Pt5-5. The Balaban J connectivity index is 0.000000297. The number of anilines is 2. The smallest absolute Gasteiger partial charge is 0.239 e. The largest absolute Gasteiger partial charge is 0.481 e. The number of methoxy groups -OCH3 is 2. The van der Waals surface area contributed by atoms with E-state index in [-0.39, 0.29) is 105 Å². The number of aromatic nitrogens is 10. The summed E-state index contributed by atoms with van der Waals surface area (Å²) in [6, 6.07) is 75.8. The van der Waals surface area contributed by atoms with Gasteiger partial charge in [-0.25, -0.2) is 9.36 Å². The van der Waals surface area contributed by atoms with Crippen LogP contribution >= 0.6 is 0 Å². The van der Waals surface area contributed by atoms with Crippen molar-refractivity contribution in [3.63, 3.8) is 0 Å². The molecule has 7 aromatic carbocycles. The van der Waals surface area contributed by atoms with E-state index in [0.29, 0.717) is 11.8 Å². The number of para-hydroxylation sites is 5. The minimum Gasteiger partial charge on any atom is -0.481 e. The van der Waals surface area contributed by atoms with Gasteiger partial charge in [-0.05, 0) is 107 Å². The zero-order chi connectivity index (χ0) is 62.1. The molecule has 0 aliphatic rings. The number of hydrogen-bond donors (Lipinski definition) is 0. The van der Waals surface area contributed by atoms with Crippen molar-refractivity contribution >= 4 is 11.6 Å². The van der Waals surface area contributed by atoms with Crippen molar-refractivity contribution in [1.29, 1.82) is 0 Å². The van der Waals surface area contributed by atoms with Crippen LogP contribution in [0.5, 0.6) is 11.8 Å². The summed E-state index contributed by atoms with van der Waals surface area (Å²) < 4.78 is 20.0. The van der Waals surface area contributed by atoms with Crippen molar-refractivity contribution in [2.45, 2.75) is 68.7 Å². The molecule has 0 amide bonds. The van der Waals surface area contributed by atoms with Gasteiger partial charge in [-0.3, -0.25) is 14.0 Å². The first-order valence-electron chi connectivity index (χ1n) is 28.8. The van der Waals surface area contributed by atoms with Gasteiger partial charge in [0.2, 0.25) is 11.8 Å². The van der Waals surface area contributed by atoms with Crippen molar-refractivity contribution in [2.75, 3.05) is 52.2 Å². The second-order valence-electron chi connectivity index (χ2n) is 20.9. The summed E-state index contributed by atoms with van der Waals surface area (Å²) in [5.41, 5.74) is 19.6. The molecule has 0 saturated heterocycles. The van der Waals surface area contributed by atoms with E-state index < -0.39 is 0 Å². The zero-order valence-electron chi connectivity index (χ0n) is 54.3. The Hall–Kier alpha value is -6.77. The first kappa shape index (κ1) is 79.5. The maximum absolute atomic E-state index is 5.31. The van der Waals surface area contributed by atoms with E-state index in [1.54, 1.807) is 18.9 Å². The molecule has 0 spiro atoms. The van der Waals surface area contributed by atoms with Crippen LogP contribution in [0.2, 0.25) is 0 Å². The number of hydrogen-bond acceptors (Lipinski definition) is 9. The van der Waals surface area contributed by atoms with E-state index in [1.807, 2.05) is 211 Å². The fraction of sp³-hybridized carbons (Fsp3) is 0.219. The van der Waals surface area contributed by atoms with E-state index >= 15 is 0 Å². The predicted octanol–water partition coefficient (Wildman–Crippen LogP) is 14.9. The third-order valence-electron chi connectivity index (χ3n) is 14.6.